The zero-order valence-corrected chi connectivity index (χ0v) is 10.4. The summed E-state index contributed by atoms with van der Waals surface area (Å²) < 4.78 is 0. The van der Waals surface area contributed by atoms with E-state index < -0.39 is 6.10 Å². The molecule has 0 aromatic rings. The Morgan fingerprint density at radius 2 is 1.87 bits per heavy atom. The number of aliphatic hydroxyl groups is 1. The number of hydrogen-bond acceptors (Lipinski definition) is 2. The highest BCUT2D eigenvalue weighted by atomic mass is 16.3. The van der Waals surface area contributed by atoms with Crippen LogP contribution in [0.3, 0.4) is 0 Å². The van der Waals surface area contributed by atoms with E-state index >= 15 is 0 Å². The van der Waals surface area contributed by atoms with Gasteiger partial charge in [0.05, 0.1) is 6.10 Å². The Bertz CT molecular complexity index is 197. The predicted molar refractivity (Wildman–Crippen MR) is 61.7 cm³/mol. The van der Waals surface area contributed by atoms with Crippen LogP contribution in [0.5, 0.6) is 0 Å². The number of carbonyl (C=O) groups excluding carboxylic acids is 1. The van der Waals surface area contributed by atoms with Crippen LogP contribution >= 0.6 is 0 Å². The standard InChI is InChI=1S/C11H24N2O2/c1-8(2)6-9(14)7-12-10(15)13-11(3,4)5/h8-9,14H,6-7H2,1-5H3,(H2,12,13,15). The van der Waals surface area contributed by atoms with Gasteiger partial charge in [-0.05, 0) is 33.1 Å². The largest absolute Gasteiger partial charge is 0.391 e. The van der Waals surface area contributed by atoms with E-state index in [1.165, 1.54) is 0 Å². The number of amides is 2. The van der Waals surface area contributed by atoms with E-state index in [1.807, 2.05) is 34.6 Å². The Hall–Kier alpha value is -0.770. The number of nitrogens with one attached hydrogen (secondary N) is 2. The van der Waals surface area contributed by atoms with Gasteiger partial charge in [0.15, 0.2) is 0 Å². The first-order valence-electron chi connectivity index (χ1n) is 5.45. The van der Waals surface area contributed by atoms with Crippen molar-refractivity contribution < 1.29 is 9.90 Å². The number of urea groups is 1. The maximum Gasteiger partial charge on any atom is 0.315 e. The number of aliphatic hydroxyl groups excluding tert-OH is 1. The minimum Gasteiger partial charge on any atom is -0.391 e. The zero-order chi connectivity index (χ0) is 12.1. The molecule has 90 valence electrons. The van der Waals surface area contributed by atoms with E-state index in [2.05, 4.69) is 10.6 Å². The smallest absolute Gasteiger partial charge is 0.315 e. The first-order chi connectivity index (χ1) is 6.70. The lowest BCUT2D eigenvalue weighted by Gasteiger charge is -2.21. The molecule has 0 bridgehead atoms. The molecule has 2 amide bonds. The van der Waals surface area contributed by atoms with Gasteiger partial charge in [-0.25, -0.2) is 4.79 Å². The second-order valence-electron chi connectivity index (χ2n) is 5.37. The third-order valence-electron chi connectivity index (χ3n) is 1.73. The number of carbonyl (C=O) groups is 1. The summed E-state index contributed by atoms with van der Waals surface area (Å²) in [4.78, 5) is 11.3. The van der Waals surface area contributed by atoms with E-state index in [4.69, 9.17) is 0 Å². The topological polar surface area (TPSA) is 61.4 Å². The molecule has 0 radical (unpaired) electrons. The monoisotopic (exact) mass is 216 g/mol. The van der Waals surface area contributed by atoms with Crippen molar-refractivity contribution in [3.05, 3.63) is 0 Å². The summed E-state index contributed by atoms with van der Waals surface area (Å²) in [7, 11) is 0. The molecule has 15 heavy (non-hydrogen) atoms. The summed E-state index contributed by atoms with van der Waals surface area (Å²) in [5.74, 6) is 0.437. The molecule has 3 N–H and O–H groups in total. The van der Waals surface area contributed by atoms with Gasteiger partial charge in [0.25, 0.3) is 0 Å². The van der Waals surface area contributed by atoms with Crippen LogP contribution in [0.4, 0.5) is 4.79 Å². The van der Waals surface area contributed by atoms with Crippen molar-refractivity contribution in [2.24, 2.45) is 5.92 Å². The Balaban J connectivity index is 3.72. The van der Waals surface area contributed by atoms with Crippen LogP contribution in [-0.2, 0) is 0 Å². The summed E-state index contributed by atoms with van der Waals surface area (Å²) in [5, 5.41) is 14.9. The third-order valence-corrected chi connectivity index (χ3v) is 1.73. The molecule has 1 unspecified atom stereocenters. The van der Waals surface area contributed by atoms with Crippen molar-refractivity contribution in [3.8, 4) is 0 Å². The minimum atomic E-state index is -0.462. The summed E-state index contributed by atoms with van der Waals surface area (Å²) in [6.07, 6.45) is 0.242. The fourth-order valence-electron chi connectivity index (χ4n) is 1.22. The molecule has 0 aromatic heterocycles. The molecule has 0 aliphatic rings. The van der Waals surface area contributed by atoms with Gasteiger partial charge >= 0.3 is 6.03 Å². The lowest BCUT2D eigenvalue weighted by Crippen LogP contribution is -2.48. The molecule has 0 aliphatic heterocycles. The van der Waals surface area contributed by atoms with Crippen molar-refractivity contribution >= 4 is 6.03 Å². The van der Waals surface area contributed by atoms with Gasteiger partial charge in [-0.3, -0.25) is 0 Å². The molecule has 0 saturated heterocycles. The average Bonchev–Trinajstić information content (AvgIpc) is 1.96. The molecule has 0 fully saturated rings. The summed E-state index contributed by atoms with van der Waals surface area (Å²) in [6, 6.07) is -0.231. The van der Waals surface area contributed by atoms with Gasteiger partial charge in [0.2, 0.25) is 0 Å². The van der Waals surface area contributed by atoms with Gasteiger partial charge in [-0.15, -0.1) is 0 Å². The first kappa shape index (κ1) is 14.2. The van der Waals surface area contributed by atoms with Crippen molar-refractivity contribution in [3.63, 3.8) is 0 Å². The van der Waals surface area contributed by atoms with Gasteiger partial charge in [-0.1, -0.05) is 13.8 Å². The van der Waals surface area contributed by atoms with Crippen LogP contribution in [0.25, 0.3) is 0 Å². The van der Waals surface area contributed by atoms with Crippen LogP contribution < -0.4 is 10.6 Å². The van der Waals surface area contributed by atoms with E-state index in [0.29, 0.717) is 18.9 Å². The highest BCUT2D eigenvalue weighted by Crippen LogP contribution is 2.03. The maximum absolute atomic E-state index is 11.3. The van der Waals surface area contributed by atoms with Crippen molar-refractivity contribution in [2.75, 3.05) is 6.54 Å². The SMILES string of the molecule is CC(C)CC(O)CNC(=O)NC(C)(C)C. The Labute approximate surface area is 92.4 Å². The Morgan fingerprint density at radius 3 is 2.27 bits per heavy atom. The molecule has 0 spiro atoms. The van der Waals surface area contributed by atoms with Crippen molar-refractivity contribution in [1.82, 2.24) is 10.6 Å². The Kier molecular flexibility index (Phi) is 5.65. The summed E-state index contributed by atoms with van der Waals surface area (Å²) >= 11 is 0. The maximum atomic E-state index is 11.3. The molecule has 0 aromatic carbocycles. The van der Waals surface area contributed by atoms with Gasteiger partial charge in [0.1, 0.15) is 0 Å². The van der Waals surface area contributed by atoms with E-state index in [-0.39, 0.29) is 11.6 Å². The number of hydrogen-bond donors (Lipinski definition) is 3. The second-order valence-corrected chi connectivity index (χ2v) is 5.37. The van der Waals surface area contributed by atoms with Crippen LogP contribution in [-0.4, -0.2) is 29.3 Å². The third kappa shape index (κ3) is 9.53. The quantitative estimate of drug-likeness (QED) is 0.667. The van der Waals surface area contributed by atoms with Crippen LogP contribution in [0.15, 0.2) is 0 Å². The van der Waals surface area contributed by atoms with Gasteiger partial charge < -0.3 is 15.7 Å². The van der Waals surface area contributed by atoms with E-state index in [9.17, 15) is 9.90 Å². The van der Waals surface area contributed by atoms with Crippen LogP contribution in [0.2, 0.25) is 0 Å². The Morgan fingerprint density at radius 1 is 1.33 bits per heavy atom. The molecule has 4 heteroatoms. The average molecular weight is 216 g/mol. The molecule has 0 rings (SSSR count). The highest BCUT2D eigenvalue weighted by Gasteiger charge is 2.14. The van der Waals surface area contributed by atoms with E-state index in [1.54, 1.807) is 0 Å². The minimum absolute atomic E-state index is 0.231. The fraction of sp³-hybridized carbons (Fsp3) is 0.909. The molecule has 0 saturated carbocycles. The fourth-order valence-corrected chi connectivity index (χ4v) is 1.22. The molecule has 4 nitrogen and oxygen atoms in total. The normalized spacial score (nSPS) is 13.8. The molecule has 1 atom stereocenters. The molecular weight excluding hydrogens is 192 g/mol. The molecular formula is C11H24N2O2. The number of rotatable bonds is 4. The summed E-state index contributed by atoms with van der Waals surface area (Å²) in [6.45, 7) is 10.1. The van der Waals surface area contributed by atoms with Crippen LogP contribution in [0.1, 0.15) is 41.0 Å². The second kappa shape index (κ2) is 5.95. The summed E-state index contributed by atoms with van der Waals surface area (Å²) in [5.41, 5.74) is -0.243. The first-order valence-corrected chi connectivity index (χ1v) is 5.45. The van der Waals surface area contributed by atoms with E-state index in [0.717, 1.165) is 0 Å². The lowest BCUT2D eigenvalue weighted by molar-refractivity contribution is 0.146. The highest BCUT2D eigenvalue weighted by molar-refractivity contribution is 5.74. The van der Waals surface area contributed by atoms with Gasteiger partial charge in [-0.2, -0.15) is 0 Å². The van der Waals surface area contributed by atoms with Crippen LogP contribution in [0, 0.1) is 5.92 Å². The molecule has 0 aliphatic carbocycles. The van der Waals surface area contributed by atoms with Gasteiger partial charge in [0, 0.05) is 12.1 Å². The van der Waals surface area contributed by atoms with Crippen molar-refractivity contribution in [1.29, 1.82) is 0 Å². The predicted octanol–water partition coefficient (Wildman–Crippen LogP) is 1.49. The van der Waals surface area contributed by atoms with Crippen molar-refractivity contribution in [2.45, 2.75) is 52.7 Å². The lowest BCUT2D eigenvalue weighted by atomic mass is 10.1. The zero-order valence-electron chi connectivity index (χ0n) is 10.4. The molecule has 0 heterocycles.